The number of amides is 1. The van der Waals surface area contributed by atoms with Gasteiger partial charge in [-0.15, -0.1) is 0 Å². The molecule has 1 aliphatic rings. The van der Waals surface area contributed by atoms with Crippen LogP contribution in [-0.4, -0.2) is 29.3 Å². The molecule has 1 saturated carbocycles. The molecule has 0 radical (unpaired) electrons. The number of ether oxygens (including phenoxy) is 1. The third kappa shape index (κ3) is 5.55. The Bertz CT molecular complexity index is 626. The van der Waals surface area contributed by atoms with Crippen molar-refractivity contribution in [3.8, 4) is 5.75 Å². The molecule has 2 rings (SSSR count). The van der Waals surface area contributed by atoms with Crippen LogP contribution in [0.1, 0.15) is 62.2 Å². The topological polar surface area (TPSA) is 98.5 Å². The van der Waals surface area contributed by atoms with Gasteiger partial charge in [0, 0.05) is 18.5 Å². The number of nitrogens with zero attached hydrogens (tertiary/aromatic N) is 1. The number of carbonyl (C=O) groups is 2. The fourth-order valence-electron chi connectivity index (χ4n) is 3.07. The summed E-state index contributed by atoms with van der Waals surface area (Å²) in [5.41, 5.74) is -0.360. The van der Waals surface area contributed by atoms with Crippen LogP contribution < -0.4 is 10.1 Å². The molecule has 1 aliphatic carbocycles. The van der Waals surface area contributed by atoms with Crippen molar-refractivity contribution in [2.75, 3.05) is 0 Å². The average molecular weight is 348 g/mol. The molecule has 1 fully saturated rings. The standard InChI is InChI=1S/C18H24N2O5/c1-13(10-11-18(22)19-14-6-3-2-4-7-14)25-17-9-5-8-16(20(23)24)15(17)12-21/h5,8-9,12-14H,2-4,6-7,10-11H2,1H3,(H,19,22). The molecular weight excluding hydrogens is 324 g/mol. The van der Waals surface area contributed by atoms with Gasteiger partial charge in [-0.1, -0.05) is 25.3 Å². The van der Waals surface area contributed by atoms with Crippen molar-refractivity contribution in [1.29, 1.82) is 0 Å². The van der Waals surface area contributed by atoms with E-state index in [4.69, 9.17) is 4.74 Å². The van der Waals surface area contributed by atoms with Crippen molar-refractivity contribution in [3.63, 3.8) is 0 Å². The lowest BCUT2D eigenvalue weighted by molar-refractivity contribution is -0.385. The van der Waals surface area contributed by atoms with Gasteiger partial charge in [-0.2, -0.15) is 0 Å². The molecule has 1 aromatic carbocycles. The largest absolute Gasteiger partial charge is 0.490 e. The summed E-state index contributed by atoms with van der Waals surface area (Å²) in [7, 11) is 0. The molecule has 0 heterocycles. The molecule has 1 unspecified atom stereocenters. The molecule has 1 amide bonds. The monoisotopic (exact) mass is 348 g/mol. The van der Waals surface area contributed by atoms with Gasteiger partial charge in [0.2, 0.25) is 5.91 Å². The Balaban J connectivity index is 1.86. The highest BCUT2D eigenvalue weighted by atomic mass is 16.6. The van der Waals surface area contributed by atoms with Crippen molar-refractivity contribution in [2.45, 2.75) is 64.0 Å². The highest BCUT2D eigenvalue weighted by molar-refractivity contribution is 5.85. The van der Waals surface area contributed by atoms with E-state index in [-0.39, 0.29) is 35.1 Å². The zero-order valence-electron chi connectivity index (χ0n) is 14.4. The number of aldehydes is 1. The number of hydrogen-bond acceptors (Lipinski definition) is 5. The quantitative estimate of drug-likeness (QED) is 0.441. The molecule has 25 heavy (non-hydrogen) atoms. The highest BCUT2D eigenvalue weighted by Crippen LogP contribution is 2.27. The van der Waals surface area contributed by atoms with Crippen molar-refractivity contribution in [2.24, 2.45) is 0 Å². The van der Waals surface area contributed by atoms with Gasteiger partial charge in [-0.05, 0) is 32.3 Å². The molecule has 7 nitrogen and oxygen atoms in total. The summed E-state index contributed by atoms with van der Waals surface area (Å²) in [5, 5.41) is 14.0. The van der Waals surface area contributed by atoms with Gasteiger partial charge in [0.15, 0.2) is 6.29 Å². The molecule has 0 aromatic heterocycles. The molecule has 0 aliphatic heterocycles. The zero-order valence-corrected chi connectivity index (χ0v) is 14.4. The lowest BCUT2D eigenvalue weighted by Gasteiger charge is -2.23. The van der Waals surface area contributed by atoms with Crippen LogP contribution in [-0.2, 0) is 4.79 Å². The number of benzene rings is 1. The second-order valence-electron chi connectivity index (χ2n) is 6.43. The van der Waals surface area contributed by atoms with Crippen LogP contribution in [0.4, 0.5) is 5.69 Å². The lowest BCUT2D eigenvalue weighted by atomic mass is 9.95. The van der Waals surface area contributed by atoms with E-state index in [1.54, 1.807) is 6.92 Å². The van der Waals surface area contributed by atoms with Crippen LogP contribution in [0.3, 0.4) is 0 Å². The predicted molar refractivity (Wildman–Crippen MR) is 92.8 cm³/mol. The number of carbonyl (C=O) groups excluding carboxylic acids is 2. The van der Waals surface area contributed by atoms with Crippen molar-refractivity contribution in [3.05, 3.63) is 33.9 Å². The summed E-state index contributed by atoms with van der Waals surface area (Å²) >= 11 is 0. The minimum absolute atomic E-state index is 0.00277. The number of nitro benzene ring substituents is 1. The van der Waals surface area contributed by atoms with E-state index >= 15 is 0 Å². The van der Waals surface area contributed by atoms with E-state index in [9.17, 15) is 19.7 Å². The zero-order chi connectivity index (χ0) is 18.2. The van der Waals surface area contributed by atoms with E-state index in [0.717, 1.165) is 25.7 Å². The first-order valence-electron chi connectivity index (χ1n) is 8.70. The van der Waals surface area contributed by atoms with Gasteiger partial charge in [0.25, 0.3) is 5.69 Å². The van der Waals surface area contributed by atoms with E-state index in [1.807, 2.05) is 0 Å². The van der Waals surface area contributed by atoms with Gasteiger partial charge in [-0.25, -0.2) is 0 Å². The van der Waals surface area contributed by atoms with Crippen molar-refractivity contribution >= 4 is 17.9 Å². The van der Waals surface area contributed by atoms with Crippen molar-refractivity contribution in [1.82, 2.24) is 5.32 Å². The van der Waals surface area contributed by atoms with Crippen molar-refractivity contribution < 1.29 is 19.2 Å². The maximum atomic E-state index is 12.0. The van der Waals surface area contributed by atoms with Crippen LogP contribution in [0.5, 0.6) is 5.75 Å². The highest BCUT2D eigenvalue weighted by Gasteiger charge is 2.20. The first-order chi connectivity index (χ1) is 12.0. The van der Waals surface area contributed by atoms with E-state index in [2.05, 4.69) is 5.32 Å². The molecular formula is C18H24N2O5. The van der Waals surface area contributed by atoms with Gasteiger partial charge < -0.3 is 10.1 Å². The molecule has 0 spiro atoms. The van der Waals surface area contributed by atoms with E-state index < -0.39 is 4.92 Å². The molecule has 0 bridgehead atoms. The summed E-state index contributed by atoms with van der Waals surface area (Å²) < 4.78 is 5.65. The van der Waals surface area contributed by atoms with E-state index in [0.29, 0.717) is 19.1 Å². The predicted octanol–water partition coefficient (Wildman–Crippen LogP) is 3.40. The Morgan fingerprint density at radius 1 is 1.40 bits per heavy atom. The summed E-state index contributed by atoms with van der Waals surface area (Å²) in [6.07, 6.45) is 6.51. The molecule has 1 atom stereocenters. The lowest BCUT2D eigenvalue weighted by Crippen LogP contribution is -2.36. The molecule has 136 valence electrons. The summed E-state index contributed by atoms with van der Waals surface area (Å²) in [6, 6.07) is 4.54. The fraction of sp³-hybridized carbons (Fsp3) is 0.556. The maximum Gasteiger partial charge on any atom is 0.283 e. The van der Waals surface area contributed by atoms with Gasteiger partial charge >= 0.3 is 0 Å². The Kier molecular flexibility index (Phi) is 6.91. The fourth-order valence-corrected chi connectivity index (χ4v) is 3.07. The van der Waals surface area contributed by atoms with E-state index in [1.165, 1.54) is 24.6 Å². The third-order valence-corrected chi connectivity index (χ3v) is 4.43. The van der Waals surface area contributed by atoms with Crippen LogP contribution in [0.2, 0.25) is 0 Å². The molecule has 0 saturated heterocycles. The molecule has 1 N–H and O–H groups in total. The number of rotatable bonds is 8. The minimum atomic E-state index is -0.612. The smallest absolute Gasteiger partial charge is 0.283 e. The van der Waals surface area contributed by atoms with Crippen LogP contribution in [0.15, 0.2) is 18.2 Å². The maximum absolute atomic E-state index is 12.0. The minimum Gasteiger partial charge on any atom is -0.490 e. The number of hydrogen-bond donors (Lipinski definition) is 1. The third-order valence-electron chi connectivity index (χ3n) is 4.43. The Labute approximate surface area is 146 Å². The second-order valence-corrected chi connectivity index (χ2v) is 6.43. The van der Waals surface area contributed by atoms with Gasteiger partial charge in [0.1, 0.15) is 11.3 Å². The van der Waals surface area contributed by atoms with Gasteiger partial charge in [-0.3, -0.25) is 19.7 Å². The number of nitro groups is 1. The SMILES string of the molecule is CC(CCC(=O)NC1CCCCC1)Oc1cccc([N+](=O)[O-])c1C=O. The Hall–Kier alpha value is -2.44. The Morgan fingerprint density at radius 3 is 2.76 bits per heavy atom. The number of nitrogens with one attached hydrogen (secondary N) is 1. The van der Waals surface area contributed by atoms with Crippen LogP contribution in [0, 0.1) is 10.1 Å². The van der Waals surface area contributed by atoms with Crippen LogP contribution >= 0.6 is 0 Å². The second kappa shape index (κ2) is 9.15. The first-order valence-corrected chi connectivity index (χ1v) is 8.70. The molecule has 1 aromatic rings. The average Bonchev–Trinajstić information content (AvgIpc) is 2.60. The summed E-state index contributed by atoms with van der Waals surface area (Å²) in [5.74, 6) is 0.168. The summed E-state index contributed by atoms with van der Waals surface area (Å²) in [6.45, 7) is 1.78. The summed E-state index contributed by atoms with van der Waals surface area (Å²) in [4.78, 5) is 33.5. The first kappa shape index (κ1) is 18.9. The molecule has 7 heteroatoms. The normalized spacial score (nSPS) is 16.0. The van der Waals surface area contributed by atoms with Gasteiger partial charge in [0.05, 0.1) is 11.0 Å². The Morgan fingerprint density at radius 2 is 2.12 bits per heavy atom. The van der Waals surface area contributed by atoms with Crippen LogP contribution in [0.25, 0.3) is 0 Å².